The van der Waals surface area contributed by atoms with Crippen LogP contribution < -0.4 is 5.43 Å². The summed E-state index contributed by atoms with van der Waals surface area (Å²) < 4.78 is 20.2. The highest BCUT2D eigenvalue weighted by Crippen LogP contribution is 2.31. The second-order valence-corrected chi connectivity index (χ2v) is 9.38. The average molecular weight is 487 g/mol. The van der Waals surface area contributed by atoms with Crippen LogP contribution in [0.3, 0.4) is 0 Å². The van der Waals surface area contributed by atoms with E-state index < -0.39 is 11.2 Å². The zero-order chi connectivity index (χ0) is 24.4. The third-order valence-corrected chi connectivity index (χ3v) is 7.11. The number of methoxy groups -OCH3 is 1. The number of aromatic nitrogens is 3. The molecule has 0 saturated heterocycles. The maximum Gasteiger partial charge on any atom is 0.275 e. The molecule has 1 aromatic carbocycles. The average Bonchev–Trinajstić information content (AvgIpc) is 3.28. The molecule has 1 atom stereocenters. The van der Waals surface area contributed by atoms with Crippen LogP contribution in [-0.4, -0.2) is 56.5 Å². The summed E-state index contributed by atoms with van der Waals surface area (Å²) in [4.78, 5) is 28.2. The molecule has 0 aliphatic carbocycles. The van der Waals surface area contributed by atoms with Gasteiger partial charge in [0.15, 0.2) is 16.5 Å². The molecule has 180 valence electrons. The van der Waals surface area contributed by atoms with E-state index in [0.29, 0.717) is 29.6 Å². The van der Waals surface area contributed by atoms with E-state index in [-0.39, 0.29) is 35.1 Å². The minimum atomic E-state index is -0.654. The Labute approximate surface area is 200 Å². The predicted molar refractivity (Wildman–Crippen MR) is 127 cm³/mol. The molecule has 0 saturated carbocycles. The van der Waals surface area contributed by atoms with E-state index in [9.17, 15) is 19.1 Å². The monoisotopic (exact) mass is 486 g/mol. The van der Waals surface area contributed by atoms with Crippen molar-refractivity contribution in [3.63, 3.8) is 0 Å². The minimum absolute atomic E-state index is 0.0101. The van der Waals surface area contributed by atoms with Gasteiger partial charge in [-0.05, 0) is 30.5 Å². The van der Waals surface area contributed by atoms with Gasteiger partial charge in [0.05, 0.1) is 18.2 Å². The van der Waals surface area contributed by atoms with Crippen molar-refractivity contribution in [3.05, 3.63) is 62.8 Å². The van der Waals surface area contributed by atoms with Crippen molar-refractivity contribution in [3.8, 4) is 16.3 Å². The van der Waals surface area contributed by atoms with E-state index >= 15 is 0 Å². The molecular formula is C24H27FN4O4S. The Morgan fingerprint density at radius 1 is 1.21 bits per heavy atom. The Balaban J connectivity index is 1.71. The van der Waals surface area contributed by atoms with Gasteiger partial charge in [0, 0.05) is 32.3 Å². The fourth-order valence-corrected chi connectivity index (χ4v) is 5.34. The van der Waals surface area contributed by atoms with E-state index in [1.165, 1.54) is 23.5 Å². The third kappa shape index (κ3) is 4.47. The summed E-state index contributed by atoms with van der Waals surface area (Å²) in [5.74, 6) is -1.27. The van der Waals surface area contributed by atoms with Gasteiger partial charge in [-0.3, -0.25) is 9.59 Å². The molecule has 1 aliphatic rings. The van der Waals surface area contributed by atoms with Crippen LogP contribution >= 0.6 is 11.3 Å². The third-order valence-electron chi connectivity index (χ3n) is 6.15. The van der Waals surface area contributed by atoms with Crippen molar-refractivity contribution in [1.29, 1.82) is 0 Å². The van der Waals surface area contributed by atoms with Crippen molar-refractivity contribution in [2.24, 2.45) is 0 Å². The van der Waals surface area contributed by atoms with Gasteiger partial charge in [-0.15, -0.1) is 10.2 Å². The van der Waals surface area contributed by atoms with Gasteiger partial charge in [0.1, 0.15) is 10.8 Å². The van der Waals surface area contributed by atoms with Gasteiger partial charge >= 0.3 is 0 Å². The normalized spacial score (nSPS) is 15.7. The highest BCUT2D eigenvalue weighted by Gasteiger charge is 2.38. The van der Waals surface area contributed by atoms with Gasteiger partial charge in [-0.25, -0.2) is 4.39 Å². The number of fused-ring (bicyclic) bond motifs is 1. The van der Waals surface area contributed by atoms with Crippen LogP contribution in [0.25, 0.3) is 10.6 Å². The summed E-state index contributed by atoms with van der Waals surface area (Å²) in [6.07, 6.45) is 3.53. The fraction of sp³-hybridized carbons (Fsp3) is 0.417. The summed E-state index contributed by atoms with van der Waals surface area (Å²) in [5, 5.41) is 20.1. The number of aromatic hydroxyl groups is 1. The number of hydrogen-bond donors (Lipinski definition) is 1. The van der Waals surface area contributed by atoms with Crippen LogP contribution in [0, 0.1) is 5.82 Å². The number of ether oxygens (including phenoxy) is 1. The maximum atomic E-state index is 13.4. The molecule has 1 N–H and O–H groups in total. The van der Waals surface area contributed by atoms with Crippen LogP contribution in [0.4, 0.5) is 4.39 Å². The largest absolute Gasteiger partial charge is 0.503 e. The van der Waals surface area contributed by atoms with Crippen LogP contribution in [0.2, 0.25) is 0 Å². The highest BCUT2D eigenvalue weighted by atomic mass is 32.1. The Kier molecular flexibility index (Phi) is 7.08. The summed E-state index contributed by atoms with van der Waals surface area (Å²) in [5.41, 5.74) is 0.385. The second kappa shape index (κ2) is 10.0. The number of nitrogens with zero attached hydrogens (tertiary/aromatic N) is 4. The molecule has 0 radical (unpaired) electrons. The molecule has 8 nitrogen and oxygen atoms in total. The summed E-state index contributed by atoms with van der Waals surface area (Å²) in [7, 11) is 1.59. The smallest absolute Gasteiger partial charge is 0.275 e. The Morgan fingerprint density at radius 3 is 2.56 bits per heavy atom. The number of benzene rings is 1. The first kappa shape index (κ1) is 24.0. The molecule has 3 heterocycles. The number of halogens is 1. The Morgan fingerprint density at radius 2 is 1.91 bits per heavy atom. The Bertz CT molecular complexity index is 1240. The molecule has 2 aromatic heterocycles. The van der Waals surface area contributed by atoms with Crippen molar-refractivity contribution < 1.29 is 19.0 Å². The maximum absolute atomic E-state index is 13.4. The van der Waals surface area contributed by atoms with Crippen molar-refractivity contribution in [2.45, 2.75) is 51.7 Å². The quantitative estimate of drug-likeness (QED) is 0.524. The molecule has 0 bridgehead atoms. The molecule has 0 fully saturated rings. The highest BCUT2D eigenvalue weighted by molar-refractivity contribution is 7.14. The van der Waals surface area contributed by atoms with Crippen molar-refractivity contribution in [1.82, 2.24) is 19.7 Å². The van der Waals surface area contributed by atoms with Gasteiger partial charge in [0.25, 0.3) is 5.91 Å². The second-order valence-electron chi connectivity index (χ2n) is 8.32. The zero-order valence-corrected chi connectivity index (χ0v) is 20.1. The summed E-state index contributed by atoms with van der Waals surface area (Å²) in [6.45, 7) is 4.74. The van der Waals surface area contributed by atoms with Gasteiger partial charge in [-0.1, -0.05) is 37.3 Å². The number of rotatable bonds is 8. The first-order valence-electron chi connectivity index (χ1n) is 11.2. The lowest BCUT2D eigenvalue weighted by molar-refractivity contribution is 0.0242. The van der Waals surface area contributed by atoms with Crippen LogP contribution in [0.15, 0.2) is 35.3 Å². The van der Waals surface area contributed by atoms with E-state index in [2.05, 4.69) is 10.2 Å². The van der Waals surface area contributed by atoms with Crippen LogP contribution in [0.5, 0.6) is 5.75 Å². The molecule has 3 aromatic rings. The zero-order valence-electron chi connectivity index (χ0n) is 19.3. The van der Waals surface area contributed by atoms with Crippen LogP contribution in [0.1, 0.15) is 47.7 Å². The lowest BCUT2D eigenvalue weighted by Crippen LogP contribution is -2.55. The molecule has 10 heteroatoms. The molecule has 0 spiro atoms. The van der Waals surface area contributed by atoms with E-state index in [1.807, 2.05) is 13.8 Å². The summed E-state index contributed by atoms with van der Waals surface area (Å²) in [6, 6.07) is 5.85. The SMILES string of the molecule is CCC(CC)N1C(=O)c2c(O)c(=O)c(-c3nnc(Cc4ccc(F)cc4)s3)cn2C[C@H]1COC. The molecule has 0 unspecified atom stereocenters. The number of pyridine rings is 1. The lowest BCUT2D eigenvalue weighted by atomic mass is 10.0. The van der Waals surface area contributed by atoms with Gasteiger partial charge in [0.2, 0.25) is 5.43 Å². The van der Waals surface area contributed by atoms with Crippen molar-refractivity contribution >= 4 is 17.2 Å². The fourth-order valence-electron chi connectivity index (χ4n) is 4.46. The Hall–Kier alpha value is -3.11. The molecule has 4 rings (SSSR count). The first-order chi connectivity index (χ1) is 16.4. The number of hydrogen-bond acceptors (Lipinski definition) is 7. The predicted octanol–water partition coefficient (Wildman–Crippen LogP) is 3.46. The standard InChI is InChI=1S/C24H27FN4O4S/c1-4-16(5-2)29-17(13-33-3)11-28-12-18(21(30)22(31)20(28)24(29)32)23-27-26-19(34-23)10-14-6-8-15(25)9-7-14/h6-9,12,16-17,31H,4-5,10-11,13H2,1-3H3/t17-/m0/s1. The van der Waals surface area contributed by atoms with Crippen LogP contribution in [-0.2, 0) is 17.7 Å². The van der Waals surface area contributed by atoms with E-state index in [4.69, 9.17) is 4.74 Å². The molecule has 34 heavy (non-hydrogen) atoms. The molecule has 1 aliphatic heterocycles. The molecule has 1 amide bonds. The molecular weight excluding hydrogens is 459 g/mol. The number of carbonyl (C=O) groups excluding carboxylic acids is 1. The summed E-state index contributed by atoms with van der Waals surface area (Å²) >= 11 is 1.22. The van der Waals surface area contributed by atoms with Gasteiger partial charge in [-0.2, -0.15) is 0 Å². The van der Waals surface area contributed by atoms with E-state index in [0.717, 1.165) is 18.4 Å². The lowest BCUT2D eigenvalue weighted by Gasteiger charge is -2.42. The first-order valence-corrected chi connectivity index (χ1v) is 12.0. The van der Waals surface area contributed by atoms with Crippen molar-refractivity contribution in [2.75, 3.05) is 13.7 Å². The topological polar surface area (TPSA) is 97.5 Å². The minimum Gasteiger partial charge on any atom is -0.503 e. The number of amides is 1. The van der Waals surface area contributed by atoms with Gasteiger partial charge < -0.3 is 19.3 Å². The van der Waals surface area contributed by atoms with E-state index in [1.54, 1.807) is 34.9 Å². The number of carbonyl (C=O) groups is 1.